The summed E-state index contributed by atoms with van der Waals surface area (Å²) in [4.78, 5) is 0. The molecule has 1 atom stereocenters. The standard InChI is InChI=1S/C12H11F2NO/c13-8-3-1-4-9(14)10(8)11(16)12(7-15)5-2-6-12/h1,3-4,11,16H,2,5-6H2. The molecule has 0 aliphatic heterocycles. The summed E-state index contributed by atoms with van der Waals surface area (Å²) >= 11 is 0. The van der Waals surface area contributed by atoms with Gasteiger partial charge in [-0.15, -0.1) is 0 Å². The first-order valence-corrected chi connectivity index (χ1v) is 5.14. The minimum Gasteiger partial charge on any atom is -0.387 e. The van der Waals surface area contributed by atoms with Crippen LogP contribution in [-0.2, 0) is 0 Å². The van der Waals surface area contributed by atoms with Crippen molar-refractivity contribution in [1.29, 1.82) is 5.26 Å². The molecule has 1 aromatic carbocycles. The van der Waals surface area contributed by atoms with Crippen LogP contribution in [0.4, 0.5) is 8.78 Å². The Morgan fingerprint density at radius 1 is 1.31 bits per heavy atom. The van der Waals surface area contributed by atoms with E-state index in [0.29, 0.717) is 12.8 Å². The average Bonchev–Trinajstić information content (AvgIpc) is 2.16. The molecule has 0 bridgehead atoms. The lowest BCUT2D eigenvalue weighted by molar-refractivity contribution is 0.00319. The molecule has 4 heteroatoms. The van der Waals surface area contributed by atoms with E-state index in [1.165, 1.54) is 6.07 Å². The molecular formula is C12H11F2NO. The molecule has 1 fully saturated rings. The van der Waals surface area contributed by atoms with Gasteiger partial charge in [-0.2, -0.15) is 5.26 Å². The summed E-state index contributed by atoms with van der Waals surface area (Å²) in [6.07, 6.45) is 0.393. The van der Waals surface area contributed by atoms with Crippen molar-refractivity contribution < 1.29 is 13.9 Å². The summed E-state index contributed by atoms with van der Waals surface area (Å²) in [6, 6.07) is 5.40. The molecule has 0 aromatic heterocycles. The number of hydrogen-bond donors (Lipinski definition) is 1. The highest BCUT2D eigenvalue weighted by atomic mass is 19.1. The maximum atomic E-state index is 13.4. The number of aliphatic hydroxyl groups excluding tert-OH is 1. The quantitative estimate of drug-likeness (QED) is 0.837. The Labute approximate surface area is 92.1 Å². The van der Waals surface area contributed by atoms with Crippen LogP contribution in [-0.4, -0.2) is 5.11 Å². The molecule has 1 N–H and O–H groups in total. The van der Waals surface area contributed by atoms with Crippen LogP contribution in [0, 0.1) is 28.4 Å². The first kappa shape index (κ1) is 11.0. The molecule has 1 aliphatic rings. The van der Waals surface area contributed by atoms with E-state index in [1.54, 1.807) is 0 Å². The van der Waals surface area contributed by atoms with Crippen LogP contribution in [0.1, 0.15) is 30.9 Å². The molecule has 0 amide bonds. The second kappa shape index (κ2) is 3.84. The Hall–Kier alpha value is -1.47. The highest BCUT2D eigenvalue weighted by Crippen LogP contribution is 2.50. The van der Waals surface area contributed by atoms with Gasteiger partial charge in [0, 0.05) is 0 Å². The zero-order valence-electron chi connectivity index (χ0n) is 8.58. The molecule has 0 spiro atoms. The Bertz CT molecular complexity index is 429. The number of nitrogens with zero attached hydrogens (tertiary/aromatic N) is 1. The van der Waals surface area contributed by atoms with Gasteiger partial charge in [0.15, 0.2) is 0 Å². The monoisotopic (exact) mass is 223 g/mol. The van der Waals surface area contributed by atoms with Gasteiger partial charge >= 0.3 is 0 Å². The van der Waals surface area contributed by atoms with Gasteiger partial charge in [-0.25, -0.2) is 8.78 Å². The van der Waals surface area contributed by atoms with Gasteiger partial charge in [0.05, 0.1) is 17.0 Å². The van der Waals surface area contributed by atoms with E-state index in [-0.39, 0.29) is 5.56 Å². The first-order valence-electron chi connectivity index (χ1n) is 5.14. The van der Waals surface area contributed by atoms with Crippen LogP contribution in [0.25, 0.3) is 0 Å². The van der Waals surface area contributed by atoms with Crippen molar-refractivity contribution in [3.8, 4) is 6.07 Å². The Kier molecular flexibility index (Phi) is 2.64. The summed E-state index contributed by atoms with van der Waals surface area (Å²) in [5, 5.41) is 18.9. The lowest BCUT2D eigenvalue weighted by Gasteiger charge is -2.39. The van der Waals surface area contributed by atoms with Crippen LogP contribution in [0.15, 0.2) is 18.2 Å². The fourth-order valence-electron chi connectivity index (χ4n) is 2.05. The van der Waals surface area contributed by atoms with Crippen molar-refractivity contribution >= 4 is 0 Å². The smallest absolute Gasteiger partial charge is 0.132 e. The van der Waals surface area contributed by atoms with Gasteiger partial charge in [0.1, 0.15) is 17.7 Å². The number of nitriles is 1. The molecule has 1 saturated carbocycles. The maximum absolute atomic E-state index is 13.4. The summed E-state index contributed by atoms with van der Waals surface area (Å²) in [6.45, 7) is 0. The molecule has 0 heterocycles. The van der Waals surface area contributed by atoms with E-state index < -0.39 is 23.2 Å². The third kappa shape index (κ3) is 1.48. The minimum absolute atomic E-state index is 0.385. The number of halogens is 2. The molecule has 2 nitrogen and oxygen atoms in total. The van der Waals surface area contributed by atoms with Crippen molar-refractivity contribution in [2.75, 3.05) is 0 Å². The van der Waals surface area contributed by atoms with E-state index in [2.05, 4.69) is 0 Å². The highest BCUT2D eigenvalue weighted by Gasteiger charge is 2.46. The number of benzene rings is 1. The summed E-state index contributed by atoms with van der Waals surface area (Å²) in [5.41, 5.74) is -1.40. The SMILES string of the molecule is N#CC1(C(O)c2c(F)cccc2F)CCC1. The fraction of sp³-hybridized carbons (Fsp3) is 0.417. The van der Waals surface area contributed by atoms with Gasteiger partial charge in [-0.1, -0.05) is 12.5 Å². The van der Waals surface area contributed by atoms with E-state index in [9.17, 15) is 13.9 Å². The average molecular weight is 223 g/mol. The zero-order valence-corrected chi connectivity index (χ0v) is 8.58. The van der Waals surface area contributed by atoms with Gasteiger partial charge in [-0.05, 0) is 25.0 Å². The van der Waals surface area contributed by atoms with Crippen molar-refractivity contribution in [2.24, 2.45) is 5.41 Å². The van der Waals surface area contributed by atoms with Crippen LogP contribution < -0.4 is 0 Å². The lowest BCUT2D eigenvalue weighted by atomic mass is 9.64. The number of rotatable bonds is 2. The zero-order chi connectivity index (χ0) is 11.8. The third-order valence-corrected chi connectivity index (χ3v) is 3.27. The molecular weight excluding hydrogens is 212 g/mol. The van der Waals surface area contributed by atoms with Crippen LogP contribution in [0.2, 0.25) is 0 Å². The molecule has 0 radical (unpaired) electrons. The predicted molar refractivity (Wildman–Crippen MR) is 53.2 cm³/mol. The van der Waals surface area contributed by atoms with E-state index in [0.717, 1.165) is 18.6 Å². The predicted octanol–water partition coefficient (Wildman–Crippen LogP) is 2.69. The molecule has 84 valence electrons. The van der Waals surface area contributed by atoms with Gasteiger partial charge < -0.3 is 5.11 Å². The van der Waals surface area contributed by atoms with Crippen molar-refractivity contribution in [3.05, 3.63) is 35.4 Å². The number of aliphatic hydroxyl groups is 1. The minimum atomic E-state index is -1.38. The topological polar surface area (TPSA) is 44.0 Å². The summed E-state index contributed by atoms with van der Waals surface area (Å²) in [7, 11) is 0. The van der Waals surface area contributed by atoms with Gasteiger partial charge in [0.25, 0.3) is 0 Å². The third-order valence-electron chi connectivity index (χ3n) is 3.27. The Balaban J connectivity index is 2.41. The summed E-state index contributed by atoms with van der Waals surface area (Å²) in [5.74, 6) is -1.59. The maximum Gasteiger partial charge on any atom is 0.132 e. The van der Waals surface area contributed by atoms with Crippen molar-refractivity contribution in [2.45, 2.75) is 25.4 Å². The molecule has 1 aromatic rings. The van der Waals surface area contributed by atoms with Crippen LogP contribution >= 0.6 is 0 Å². The molecule has 16 heavy (non-hydrogen) atoms. The fourth-order valence-corrected chi connectivity index (χ4v) is 2.05. The molecule has 1 unspecified atom stereocenters. The highest BCUT2D eigenvalue weighted by molar-refractivity contribution is 5.27. The Morgan fingerprint density at radius 2 is 1.88 bits per heavy atom. The number of hydrogen-bond acceptors (Lipinski definition) is 2. The lowest BCUT2D eigenvalue weighted by Crippen LogP contribution is -2.35. The van der Waals surface area contributed by atoms with Gasteiger partial charge in [-0.3, -0.25) is 0 Å². The molecule has 2 rings (SSSR count). The van der Waals surface area contributed by atoms with Crippen LogP contribution in [0.5, 0.6) is 0 Å². The van der Waals surface area contributed by atoms with Gasteiger partial charge in [0.2, 0.25) is 0 Å². The van der Waals surface area contributed by atoms with E-state index in [4.69, 9.17) is 5.26 Å². The van der Waals surface area contributed by atoms with Crippen molar-refractivity contribution in [1.82, 2.24) is 0 Å². The van der Waals surface area contributed by atoms with Crippen LogP contribution in [0.3, 0.4) is 0 Å². The molecule has 0 saturated heterocycles. The Morgan fingerprint density at radius 3 is 2.25 bits per heavy atom. The molecule has 1 aliphatic carbocycles. The largest absolute Gasteiger partial charge is 0.387 e. The second-order valence-electron chi connectivity index (χ2n) is 4.16. The van der Waals surface area contributed by atoms with Crippen molar-refractivity contribution in [3.63, 3.8) is 0 Å². The summed E-state index contributed by atoms with van der Waals surface area (Å²) < 4.78 is 26.8. The first-order chi connectivity index (χ1) is 7.60. The van der Waals surface area contributed by atoms with E-state index in [1.807, 2.05) is 6.07 Å². The normalized spacial score (nSPS) is 19.6. The van der Waals surface area contributed by atoms with E-state index >= 15 is 0 Å². The second-order valence-corrected chi connectivity index (χ2v) is 4.16.